The van der Waals surface area contributed by atoms with E-state index >= 15 is 0 Å². The fourth-order valence-corrected chi connectivity index (χ4v) is 2.33. The van der Waals surface area contributed by atoms with Crippen LogP contribution in [0, 0.1) is 11.8 Å². The Morgan fingerprint density at radius 1 is 1.53 bits per heavy atom. The number of hydrogen-bond acceptors (Lipinski definition) is 2. The van der Waals surface area contributed by atoms with Crippen molar-refractivity contribution in [3.05, 3.63) is 23.5 Å². The second-order valence-corrected chi connectivity index (χ2v) is 5.32. The number of rotatable bonds is 4. The molecule has 1 rings (SSSR count). The maximum absolute atomic E-state index is 10.6. The molecule has 0 fully saturated rings. The Morgan fingerprint density at radius 2 is 2.24 bits per heavy atom. The summed E-state index contributed by atoms with van der Waals surface area (Å²) in [7, 11) is 0. The molecule has 0 amide bonds. The van der Waals surface area contributed by atoms with Gasteiger partial charge in [-0.15, -0.1) is 0 Å². The van der Waals surface area contributed by atoms with Gasteiger partial charge in [0.05, 0.1) is 6.26 Å². The number of hydrogen-bond donors (Lipinski definition) is 0. The minimum atomic E-state index is -0.254. The summed E-state index contributed by atoms with van der Waals surface area (Å²) in [5.74, 6) is 1.32. The summed E-state index contributed by atoms with van der Waals surface area (Å²) in [6.45, 7) is 8.26. The molecule has 0 spiro atoms. The van der Waals surface area contributed by atoms with Gasteiger partial charge in [-0.3, -0.25) is 4.79 Å². The first kappa shape index (κ1) is 14.0. The van der Waals surface area contributed by atoms with Crippen LogP contribution in [0.25, 0.3) is 0 Å². The molecule has 17 heavy (non-hydrogen) atoms. The van der Waals surface area contributed by atoms with Crippen molar-refractivity contribution in [1.29, 1.82) is 0 Å². The van der Waals surface area contributed by atoms with E-state index in [0.29, 0.717) is 0 Å². The Kier molecular flexibility index (Phi) is 5.46. The van der Waals surface area contributed by atoms with E-state index in [9.17, 15) is 4.79 Å². The minimum Gasteiger partial charge on any atom is -0.435 e. The first-order chi connectivity index (χ1) is 8.00. The number of esters is 1. The SMILES string of the molecule is CC(=O)O/C=C/CC1=C(C)CC[C@H](C(C)C)C1. The van der Waals surface area contributed by atoms with Crippen LogP contribution in [0.1, 0.15) is 53.4 Å². The molecule has 0 saturated heterocycles. The first-order valence-corrected chi connectivity index (χ1v) is 6.50. The molecule has 0 aromatic carbocycles. The molecule has 0 unspecified atom stereocenters. The standard InChI is InChI=1S/C15H24O2/c1-11(2)14-8-7-12(3)15(10-14)6-5-9-17-13(4)16/h5,9,11,14H,6-8,10H2,1-4H3/b9-5+/t14-/m0/s1. The van der Waals surface area contributed by atoms with E-state index in [2.05, 4.69) is 20.8 Å². The van der Waals surface area contributed by atoms with Crippen molar-refractivity contribution in [2.45, 2.75) is 53.4 Å². The molecule has 0 aromatic heterocycles. The topological polar surface area (TPSA) is 26.3 Å². The lowest BCUT2D eigenvalue weighted by Gasteiger charge is -2.28. The molecule has 0 aromatic rings. The molecule has 2 nitrogen and oxygen atoms in total. The minimum absolute atomic E-state index is 0.254. The summed E-state index contributed by atoms with van der Waals surface area (Å²) in [5.41, 5.74) is 3.05. The zero-order valence-corrected chi connectivity index (χ0v) is 11.5. The zero-order valence-electron chi connectivity index (χ0n) is 11.5. The van der Waals surface area contributed by atoms with E-state index in [1.807, 2.05) is 6.08 Å². The van der Waals surface area contributed by atoms with Crippen molar-refractivity contribution in [3.63, 3.8) is 0 Å². The molecular weight excluding hydrogens is 212 g/mol. The van der Waals surface area contributed by atoms with Crippen LogP contribution in [0.3, 0.4) is 0 Å². The van der Waals surface area contributed by atoms with Crippen molar-refractivity contribution in [2.75, 3.05) is 0 Å². The summed E-state index contributed by atoms with van der Waals surface area (Å²) in [6, 6.07) is 0. The van der Waals surface area contributed by atoms with Crippen molar-refractivity contribution < 1.29 is 9.53 Å². The molecule has 0 N–H and O–H groups in total. The Hall–Kier alpha value is -1.05. The summed E-state index contributed by atoms with van der Waals surface area (Å²) in [6.07, 6.45) is 8.13. The van der Waals surface area contributed by atoms with Gasteiger partial charge in [-0.1, -0.05) is 25.0 Å². The third-order valence-electron chi connectivity index (χ3n) is 3.64. The van der Waals surface area contributed by atoms with Crippen LogP contribution in [0.2, 0.25) is 0 Å². The highest BCUT2D eigenvalue weighted by molar-refractivity contribution is 5.66. The van der Waals surface area contributed by atoms with Gasteiger partial charge < -0.3 is 4.74 Å². The van der Waals surface area contributed by atoms with Crippen LogP contribution in [-0.2, 0) is 9.53 Å². The molecule has 1 aliphatic carbocycles. The maximum atomic E-state index is 10.6. The second kappa shape index (κ2) is 6.63. The lowest BCUT2D eigenvalue weighted by atomic mass is 9.78. The van der Waals surface area contributed by atoms with E-state index in [1.54, 1.807) is 0 Å². The summed E-state index contributed by atoms with van der Waals surface area (Å²) >= 11 is 0. The third-order valence-corrected chi connectivity index (χ3v) is 3.64. The molecule has 0 heterocycles. The fourth-order valence-electron chi connectivity index (χ4n) is 2.33. The highest BCUT2D eigenvalue weighted by Gasteiger charge is 2.20. The summed E-state index contributed by atoms with van der Waals surface area (Å²) in [4.78, 5) is 10.6. The predicted octanol–water partition coefficient (Wildman–Crippen LogP) is 4.23. The van der Waals surface area contributed by atoms with E-state index in [-0.39, 0.29) is 5.97 Å². The average molecular weight is 236 g/mol. The Morgan fingerprint density at radius 3 is 2.82 bits per heavy atom. The van der Waals surface area contributed by atoms with Gasteiger partial charge in [-0.25, -0.2) is 0 Å². The molecular formula is C15H24O2. The van der Waals surface area contributed by atoms with Crippen molar-refractivity contribution in [3.8, 4) is 0 Å². The highest BCUT2D eigenvalue weighted by atomic mass is 16.5. The maximum Gasteiger partial charge on any atom is 0.307 e. The van der Waals surface area contributed by atoms with Crippen LogP contribution in [0.15, 0.2) is 23.5 Å². The lowest BCUT2D eigenvalue weighted by molar-refractivity contribution is -0.135. The van der Waals surface area contributed by atoms with Gasteiger partial charge in [0.25, 0.3) is 0 Å². The predicted molar refractivity (Wildman–Crippen MR) is 70.4 cm³/mol. The van der Waals surface area contributed by atoms with E-state index < -0.39 is 0 Å². The number of allylic oxidation sites excluding steroid dienone is 3. The third kappa shape index (κ3) is 4.76. The largest absolute Gasteiger partial charge is 0.435 e. The Labute approximate surface area is 105 Å². The van der Waals surface area contributed by atoms with Crippen LogP contribution < -0.4 is 0 Å². The lowest BCUT2D eigenvalue weighted by Crippen LogP contribution is -2.14. The van der Waals surface area contributed by atoms with Crippen molar-refractivity contribution >= 4 is 5.97 Å². The van der Waals surface area contributed by atoms with Crippen LogP contribution in [0.5, 0.6) is 0 Å². The van der Waals surface area contributed by atoms with E-state index in [1.165, 1.54) is 43.6 Å². The average Bonchev–Trinajstić information content (AvgIpc) is 2.25. The van der Waals surface area contributed by atoms with Crippen LogP contribution in [-0.4, -0.2) is 5.97 Å². The van der Waals surface area contributed by atoms with Crippen LogP contribution >= 0.6 is 0 Å². The molecule has 0 aliphatic heterocycles. The van der Waals surface area contributed by atoms with E-state index in [4.69, 9.17) is 4.74 Å². The molecule has 96 valence electrons. The second-order valence-electron chi connectivity index (χ2n) is 5.32. The fraction of sp³-hybridized carbons (Fsp3) is 0.667. The molecule has 0 saturated carbocycles. The summed E-state index contributed by atoms with van der Waals surface area (Å²) in [5, 5.41) is 0. The Bertz CT molecular complexity index is 324. The van der Waals surface area contributed by atoms with Gasteiger partial charge in [-0.2, -0.15) is 0 Å². The summed E-state index contributed by atoms with van der Waals surface area (Å²) < 4.78 is 4.80. The molecule has 0 bridgehead atoms. The van der Waals surface area contributed by atoms with Gasteiger partial charge in [0.1, 0.15) is 0 Å². The molecule has 1 atom stereocenters. The monoisotopic (exact) mass is 236 g/mol. The van der Waals surface area contributed by atoms with E-state index in [0.717, 1.165) is 18.3 Å². The van der Waals surface area contributed by atoms with Gasteiger partial charge in [0.15, 0.2) is 0 Å². The van der Waals surface area contributed by atoms with Crippen molar-refractivity contribution in [1.82, 2.24) is 0 Å². The first-order valence-electron chi connectivity index (χ1n) is 6.50. The Balaban J connectivity index is 2.50. The number of ether oxygens (including phenoxy) is 1. The van der Waals surface area contributed by atoms with Gasteiger partial charge in [0, 0.05) is 6.92 Å². The van der Waals surface area contributed by atoms with Crippen molar-refractivity contribution in [2.24, 2.45) is 11.8 Å². The highest BCUT2D eigenvalue weighted by Crippen LogP contribution is 2.35. The normalized spacial score (nSPS) is 21.4. The van der Waals surface area contributed by atoms with Crippen LogP contribution in [0.4, 0.5) is 0 Å². The van der Waals surface area contributed by atoms with Gasteiger partial charge in [0.2, 0.25) is 0 Å². The zero-order chi connectivity index (χ0) is 12.8. The molecule has 2 heteroatoms. The molecule has 0 radical (unpaired) electrons. The van der Waals surface area contributed by atoms with Gasteiger partial charge >= 0.3 is 5.97 Å². The number of carbonyl (C=O) groups excluding carboxylic acids is 1. The quantitative estimate of drug-likeness (QED) is 0.415. The molecule has 1 aliphatic rings. The van der Waals surface area contributed by atoms with Gasteiger partial charge in [-0.05, 0) is 50.5 Å². The smallest absolute Gasteiger partial charge is 0.307 e. The number of carbonyl (C=O) groups is 1.